The molecule has 0 radical (unpaired) electrons. The van der Waals surface area contributed by atoms with Crippen LogP contribution in [-0.2, 0) is 7.05 Å². The number of nitro groups is 1. The number of aromatic amines is 1. The van der Waals surface area contributed by atoms with Crippen LogP contribution in [0.1, 0.15) is 0 Å². The molecule has 0 amide bonds. The summed E-state index contributed by atoms with van der Waals surface area (Å²) in [5.74, 6) is 0. The number of hydrogen-bond acceptors (Lipinski definition) is 4. The van der Waals surface area contributed by atoms with Gasteiger partial charge in [-0.05, 0) is 17.7 Å². The summed E-state index contributed by atoms with van der Waals surface area (Å²) in [6.07, 6.45) is 1.30. The van der Waals surface area contributed by atoms with Crippen molar-refractivity contribution in [3.8, 4) is 11.1 Å². The van der Waals surface area contributed by atoms with Gasteiger partial charge < -0.3 is 4.98 Å². The minimum atomic E-state index is -0.519. The molecule has 1 aromatic heterocycles. The lowest BCUT2D eigenvalue weighted by Crippen LogP contribution is -2.32. The summed E-state index contributed by atoms with van der Waals surface area (Å²) in [5, 5.41) is 10.5. The monoisotopic (exact) mass is 247 g/mol. The highest BCUT2D eigenvalue weighted by Gasteiger charge is 2.09. The summed E-state index contributed by atoms with van der Waals surface area (Å²) < 4.78 is 0.941. The zero-order chi connectivity index (χ0) is 13.3. The van der Waals surface area contributed by atoms with Gasteiger partial charge in [0.25, 0.3) is 11.2 Å². The number of nitrogens with one attached hydrogen (secondary N) is 1. The molecule has 0 bridgehead atoms. The molecule has 2 rings (SSSR count). The van der Waals surface area contributed by atoms with E-state index in [1.807, 2.05) is 0 Å². The van der Waals surface area contributed by atoms with Gasteiger partial charge in [-0.15, -0.1) is 0 Å². The number of nitrogens with zero attached hydrogens (tertiary/aromatic N) is 2. The van der Waals surface area contributed by atoms with E-state index in [-0.39, 0.29) is 11.3 Å². The molecular weight excluding hydrogens is 238 g/mol. The van der Waals surface area contributed by atoms with Crippen LogP contribution in [0.4, 0.5) is 5.69 Å². The average Bonchev–Trinajstić information content (AvgIpc) is 2.36. The number of nitro benzene ring substituents is 1. The predicted octanol–water partition coefficient (Wildman–Crippen LogP) is 0.649. The second-order valence-electron chi connectivity index (χ2n) is 3.68. The molecule has 0 saturated heterocycles. The van der Waals surface area contributed by atoms with Crippen LogP contribution in [0.2, 0.25) is 0 Å². The maximum Gasteiger partial charge on any atom is 0.328 e. The molecule has 0 fully saturated rings. The number of non-ortho nitro benzene ring substituents is 1. The maximum atomic E-state index is 11.8. The Morgan fingerprint density at radius 1 is 1.22 bits per heavy atom. The summed E-state index contributed by atoms with van der Waals surface area (Å²) in [6.45, 7) is 0. The highest BCUT2D eigenvalue weighted by molar-refractivity contribution is 5.62. The van der Waals surface area contributed by atoms with E-state index in [0.29, 0.717) is 5.56 Å². The largest absolute Gasteiger partial charge is 0.328 e. The van der Waals surface area contributed by atoms with Crippen molar-refractivity contribution in [3.63, 3.8) is 0 Å². The third-order valence-electron chi connectivity index (χ3n) is 2.57. The van der Waals surface area contributed by atoms with Gasteiger partial charge in [0.05, 0.1) is 10.5 Å². The van der Waals surface area contributed by atoms with Crippen LogP contribution in [-0.4, -0.2) is 14.5 Å². The van der Waals surface area contributed by atoms with Crippen LogP contribution < -0.4 is 11.2 Å². The van der Waals surface area contributed by atoms with Crippen LogP contribution in [0.15, 0.2) is 40.1 Å². The fraction of sp³-hybridized carbons (Fsp3) is 0.0909. The van der Waals surface area contributed by atoms with Crippen LogP contribution in [0.25, 0.3) is 11.1 Å². The van der Waals surface area contributed by atoms with Crippen LogP contribution in [0, 0.1) is 10.1 Å². The zero-order valence-electron chi connectivity index (χ0n) is 9.41. The molecule has 1 aromatic carbocycles. The van der Waals surface area contributed by atoms with Crippen molar-refractivity contribution in [3.05, 3.63) is 61.4 Å². The third kappa shape index (κ3) is 1.93. The van der Waals surface area contributed by atoms with Gasteiger partial charge in [0.1, 0.15) is 0 Å². The summed E-state index contributed by atoms with van der Waals surface area (Å²) in [4.78, 5) is 35.4. The first-order valence-electron chi connectivity index (χ1n) is 5.04. The molecule has 92 valence electrons. The molecule has 1 heterocycles. The van der Waals surface area contributed by atoms with E-state index >= 15 is 0 Å². The van der Waals surface area contributed by atoms with E-state index in [1.54, 1.807) is 0 Å². The Morgan fingerprint density at radius 3 is 2.39 bits per heavy atom. The molecule has 0 aliphatic rings. The summed E-state index contributed by atoms with van der Waals surface area (Å²) in [5.41, 5.74) is -0.220. The molecule has 1 N–H and O–H groups in total. The van der Waals surface area contributed by atoms with E-state index in [0.717, 1.165) is 4.57 Å². The summed E-state index contributed by atoms with van der Waals surface area (Å²) in [7, 11) is 1.36. The van der Waals surface area contributed by atoms with Gasteiger partial charge in [-0.2, -0.15) is 0 Å². The fourth-order valence-electron chi connectivity index (χ4n) is 1.53. The first kappa shape index (κ1) is 11.8. The van der Waals surface area contributed by atoms with Crippen LogP contribution >= 0.6 is 0 Å². The quantitative estimate of drug-likeness (QED) is 0.622. The molecule has 18 heavy (non-hydrogen) atoms. The number of benzene rings is 1. The smallest absolute Gasteiger partial charge is 0.313 e. The normalized spacial score (nSPS) is 10.3. The molecule has 7 nitrogen and oxygen atoms in total. The van der Waals surface area contributed by atoms with Crippen molar-refractivity contribution in [2.45, 2.75) is 0 Å². The Labute approximate surface area is 100 Å². The minimum absolute atomic E-state index is 0.0556. The number of rotatable bonds is 2. The molecule has 0 aliphatic carbocycles. The average molecular weight is 247 g/mol. The van der Waals surface area contributed by atoms with E-state index in [1.165, 1.54) is 37.5 Å². The molecule has 0 saturated carbocycles. The SMILES string of the molecule is Cn1c(=O)[nH]cc(-c2ccc([N+](=O)[O-])cc2)c1=O. The second-order valence-corrected chi connectivity index (χ2v) is 3.68. The summed E-state index contributed by atoms with van der Waals surface area (Å²) in [6, 6.07) is 5.54. The van der Waals surface area contributed by atoms with Crippen LogP contribution in [0.5, 0.6) is 0 Å². The lowest BCUT2D eigenvalue weighted by Gasteiger charge is -2.02. The van der Waals surface area contributed by atoms with Gasteiger partial charge >= 0.3 is 5.69 Å². The molecule has 0 atom stereocenters. The van der Waals surface area contributed by atoms with E-state index in [4.69, 9.17) is 0 Å². The van der Waals surface area contributed by atoms with Gasteiger partial charge in [-0.25, -0.2) is 4.79 Å². The molecule has 0 unspecified atom stereocenters. The molecule has 2 aromatic rings. The van der Waals surface area contributed by atoms with Gasteiger partial charge in [-0.1, -0.05) is 0 Å². The van der Waals surface area contributed by atoms with Crippen molar-refractivity contribution < 1.29 is 4.92 Å². The molecule has 7 heteroatoms. The Balaban J connectivity index is 2.56. The minimum Gasteiger partial charge on any atom is -0.313 e. The number of aromatic nitrogens is 2. The number of hydrogen-bond donors (Lipinski definition) is 1. The molecule has 0 aliphatic heterocycles. The number of H-pyrrole nitrogens is 1. The van der Waals surface area contributed by atoms with Crippen molar-refractivity contribution in [1.82, 2.24) is 9.55 Å². The topological polar surface area (TPSA) is 98.0 Å². The van der Waals surface area contributed by atoms with E-state index in [9.17, 15) is 19.7 Å². The highest BCUT2D eigenvalue weighted by atomic mass is 16.6. The van der Waals surface area contributed by atoms with Crippen molar-refractivity contribution in [2.24, 2.45) is 7.05 Å². The summed E-state index contributed by atoms with van der Waals surface area (Å²) >= 11 is 0. The second kappa shape index (κ2) is 4.28. The fourth-order valence-corrected chi connectivity index (χ4v) is 1.53. The predicted molar refractivity (Wildman–Crippen MR) is 64.4 cm³/mol. The van der Waals surface area contributed by atoms with Gasteiger partial charge in [0.2, 0.25) is 0 Å². The Kier molecular flexibility index (Phi) is 2.80. The van der Waals surface area contributed by atoms with Gasteiger partial charge in [0, 0.05) is 25.4 Å². The first-order chi connectivity index (χ1) is 8.50. The first-order valence-corrected chi connectivity index (χ1v) is 5.04. The van der Waals surface area contributed by atoms with Gasteiger partial charge in [-0.3, -0.25) is 19.5 Å². The van der Waals surface area contributed by atoms with Crippen molar-refractivity contribution in [2.75, 3.05) is 0 Å². The lowest BCUT2D eigenvalue weighted by atomic mass is 10.1. The van der Waals surface area contributed by atoms with Gasteiger partial charge in [0.15, 0.2) is 0 Å². The third-order valence-corrected chi connectivity index (χ3v) is 2.57. The maximum absolute atomic E-state index is 11.8. The molecular formula is C11H9N3O4. The van der Waals surface area contributed by atoms with Crippen molar-refractivity contribution in [1.29, 1.82) is 0 Å². The highest BCUT2D eigenvalue weighted by Crippen LogP contribution is 2.18. The van der Waals surface area contributed by atoms with Crippen molar-refractivity contribution >= 4 is 5.69 Å². The standard InChI is InChI=1S/C11H9N3O4/c1-13-10(15)9(6-12-11(13)16)7-2-4-8(5-3-7)14(17)18/h2-6H,1H3,(H,12,16). The Hall–Kier alpha value is -2.70. The molecule has 0 spiro atoms. The Morgan fingerprint density at radius 2 is 1.83 bits per heavy atom. The van der Waals surface area contributed by atoms with Crippen LogP contribution in [0.3, 0.4) is 0 Å². The lowest BCUT2D eigenvalue weighted by molar-refractivity contribution is -0.384. The van der Waals surface area contributed by atoms with E-state index < -0.39 is 16.2 Å². The Bertz CT molecular complexity index is 712. The zero-order valence-corrected chi connectivity index (χ0v) is 9.41. The van der Waals surface area contributed by atoms with E-state index in [2.05, 4.69) is 4.98 Å².